The Morgan fingerprint density at radius 3 is 2.25 bits per heavy atom. The van der Waals surface area contributed by atoms with E-state index in [1.807, 2.05) is 19.1 Å². The highest BCUT2D eigenvalue weighted by Crippen LogP contribution is 2.27. The minimum atomic E-state index is -3.72. The Kier molecular flexibility index (Phi) is 5.67. The van der Waals surface area contributed by atoms with Crippen molar-refractivity contribution in [1.29, 1.82) is 0 Å². The third kappa shape index (κ3) is 4.62. The molecule has 2 aromatic heterocycles. The Hall–Kier alpha value is -3.72. The van der Waals surface area contributed by atoms with Gasteiger partial charge in [0.2, 0.25) is 5.88 Å². The normalized spacial score (nSPS) is 11.4. The first-order chi connectivity index (χ1) is 15.2. The fourth-order valence-electron chi connectivity index (χ4n) is 3.61. The highest BCUT2D eigenvalue weighted by Gasteiger charge is 2.20. The lowest BCUT2D eigenvalue weighted by molar-refractivity contribution is 0.459. The molecule has 0 aliphatic carbocycles. The topological polar surface area (TPSA) is 99.0 Å². The van der Waals surface area contributed by atoms with E-state index in [1.165, 1.54) is 0 Å². The molecule has 164 valence electrons. The average molecular weight is 450 g/mol. The highest BCUT2D eigenvalue weighted by molar-refractivity contribution is 7.92. The summed E-state index contributed by atoms with van der Waals surface area (Å²) >= 11 is 0. The minimum absolute atomic E-state index is 0.297. The summed E-state index contributed by atoms with van der Waals surface area (Å²) < 4.78 is 36.0. The first-order valence-corrected chi connectivity index (χ1v) is 11.4. The van der Waals surface area contributed by atoms with Crippen molar-refractivity contribution in [2.75, 3.05) is 4.72 Å². The molecule has 2 heterocycles. The fraction of sp³-hybridized carbons (Fsp3) is 0.174. The summed E-state index contributed by atoms with van der Waals surface area (Å²) in [5.41, 5.74) is 2.88. The summed E-state index contributed by atoms with van der Waals surface area (Å²) in [5, 5.41) is 4.17. The predicted molar refractivity (Wildman–Crippen MR) is 122 cm³/mol. The van der Waals surface area contributed by atoms with Gasteiger partial charge in [0.25, 0.3) is 10.0 Å². The zero-order valence-corrected chi connectivity index (χ0v) is 19.0. The summed E-state index contributed by atoms with van der Waals surface area (Å²) in [5.74, 6) is 2.01. The molecule has 8 nitrogen and oxygen atoms in total. The second kappa shape index (κ2) is 8.43. The number of ether oxygens (including phenoxy) is 1. The Bertz CT molecular complexity index is 1340. The molecule has 0 atom stereocenters. The van der Waals surface area contributed by atoms with E-state index in [1.54, 1.807) is 74.2 Å². The molecule has 9 heteroatoms. The van der Waals surface area contributed by atoms with Gasteiger partial charge in [-0.2, -0.15) is 10.1 Å². The maximum atomic E-state index is 13.0. The molecule has 0 saturated carbocycles. The van der Waals surface area contributed by atoms with E-state index in [-0.39, 0.29) is 0 Å². The van der Waals surface area contributed by atoms with E-state index in [2.05, 4.69) is 19.8 Å². The third-order valence-electron chi connectivity index (χ3n) is 4.74. The molecule has 0 saturated heterocycles. The van der Waals surface area contributed by atoms with Crippen LogP contribution in [0.2, 0.25) is 0 Å². The largest absolute Gasteiger partial charge is 0.439 e. The standard InChI is InChI=1S/C23H23N5O3S/c1-15-12-16(2)23(17(3)13-15)32(29,30)27-19-6-8-20(9-7-19)31-22-14-21(25-18(4)26-22)28-11-5-10-24-28/h5-14,27H,1-4H3. The number of anilines is 1. The van der Waals surface area contributed by atoms with Crippen molar-refractivity contribution in [1.82, 2.24) is 19.7 Å². The second-order valence-electron chi connectivity index (χ2n) is 7.52. The number of hydrogen-bond acceptors (Lipinski definition) is 6. The Morgan fingerprint density at radius 2 is 1.62 bits per heavy atom. The van der Waals surface area contributed by atoms with Gasteiger partial charge >= 0.3 is 0 Å². The predicted octanol–water partition coefficient (Wildman–Crippen LogP) is 4.49. The van der Waals surface area contributed by atoms with Gasteiger partial charge in [0, 0.05) is 24.1 Å². The van der Waals surface area contributed by atoms with E-state index in [0.717, 1.165) is 5.56 Å². The van der Waals surface area contributed by atoms with Gasteiger partial charge in [-0.1, -0.05) is 17.7 Å². The molecule has 0 unspecified atom stereocenters. The lowest BCUT2D eigenvalue weighted by Gasteiger charge is -2.14. The quantitative estimate of drug-likeness (QED) is 0.466. The van der Waals surface area contributed by atoms with Crippen molar-refractivity contribution in [3.05, 3.63) is 83.4 Å². The number of nitrogens with zero attached hydrogens (tertiary/aromatic N) is 4. The Morgan fingerprint density at radius 1 is 0.938 bits per heavy atom. The van der Waals surface area contributed by atoms with Crippen molar-refractivity contribution in [3.63, 3.8) is 0 Å². The van der Waals surface area contributed by atoms with Crippen molar-refractivity contribution in [3.8, 4) is 17.4 Å². The fourth-order valence-corrected chi connectivity index (χ4v) is 5.12. The zero-order valence-electron chi connectivity index (χ0n) is 18.2. The number of benzene rings is 2. The van der Waals surface area contributed by atoms with Gasteiger partial charge in [-0.05, 0) is 69.2 Å². The smallest absolute Gasteiger partial charge is 0.262 e. The molecular weight excluding hydrogens is 426 g/mol. The van der Waals surface area contributed by atoms with Crippen molar-refractivity contribution in [2.45, 2.75) is 32.6 Å². The summed E-state index contributed by atoms with van der Waals surface area (Å²) in [6.07, 6.45) is 3.45. The monoisotopic (exact) mass is 449 g/mol. The number of hydrogen-bond donors (Lipinski definition) is 1. The van der Waals surface area contributed by atoms with E-state index in [9.17, 15) is 8.42 Å². The number of aryl methyl sites for hydroxylation is 4. The summed E-state index contributed by atoms with van der Waals surface area (Å²) in [7, 11) is -3.72. The molecule has 0 bridgehead atoms. The van der Waals surface area contributed by atoms with Crippen LogP contribution in [0.4, 0.5) is 5.69 Å². The van der Waals surface area contributed by atoms with Gasteiger partial charge in [-0.15, -0.1) is 0 Å². The van der Waals surface area contributed by atoms with Crippen LogP contribution in [-0.2, 0) is 10.0 Å². The van der Waals surface area contributed by atoms with Crippen LogP contribution in [-0.4, -0.2) is 28.2 Å². The van der Waals surface area contributed by atoms with Gasteiger partial charge in [0.15, 0.2) is 5.82 Å². The Balaban J connectivity index is 1.53. The number of nitrogens with one attached hydrogen (secondary N) is 1. The molecule has 0 aliphatic rings. The second-order valence-corrected chi connectivity index (χ2v) is 9.14. The molecule has 0 fully saturated rings. The van der Waals surface area contributed by atoms with Gasteiger partial charge < -0.3 is 4.74 Å². The maximum Gasteiger partial charge on any atom is 0.262 e. The minimum Gasteiger partial charge on any atom is -0.439 e. The van der Waals surface area contributed by atoms with Crippen LogP contribution >= 0.6 is 0 Å². The van der Waals surface area contributed by atoms with Gasteiger partial charge in [-0.3, -0.25) is 4.72 Å². The van der Waals surface area contributed by atoms with E-state index < -0.39 is 10.0 Å². The number of sulfonamides is 1. The number of rotatable bonds is 6. The van der Waals surface area contributed by atoms with Gasteiger partial charge in [0.05, 0.1) is 4.90 Å². The lowest BCUT2D eigenvalue weighted by atomic mass is 10.1. The summed E-state index contributed by atoms with van der Waals surface area (Å²) in [6, 6.07) is 13.9. The lowest BCUT2D eigenvalue weighted by Crippen LogP contribution is -2.15. The van der Waals surface area contributed by atoms with Gasteiger partial charge in [-0.25, -0.2) is 18.1 Å². The van der Waals surface area contributed by atoms with Gasteiger partial charge in [0.1, 0.15) is 11.6 Å². The molecule has 4 aromatic rings. The van der Waals surface area contributed by atoms with Crippen LogP contribution in [0.3, 0.4) is 0 Å². The van der Waals surface area contributed by atoms with E-state index >= 15 is 0 Å². The molecule has 0 radical (unpaired) electrons. The SMILES string of the molecule is Cc1cc(C)c(S(=O)(=O)Nc2ccc(Oc3cc(-n4cccn4)nc(C)n3)cc2)c(C)c1. The first-order valence-electron chi connectivity index (χ1n) is 9.95. The van der Waals surface area contributed by atoms with Crippen molar-refractivity contribution in [2.24, 2.45) is 0 Å². The van der Waals surface area contributed by atoms with Crippen LogP contribution < -0.4 is 9.46 Å². The van der Waals surface area contributed by atoms with Crippen LogP contribution in [0.25, 0.3) is 5.82 Å². The Labute approximate surface area is 187 Å². The molecule has 2 aromatic carbocycles. The van der Waals surface area contributed by atoms with Crippen LogP contribution in [0, 0.1) is 27.7 Å². The molecule has 1 N–H and O–H groups in total. The summed E-state index contributed by atoms with van der Waals surface area (Å²) in [6.45, 7) is 7.31. The zero-order chi connectivity index (χ0) is 22.9. The first kappa shape index (κ1) is 21.5. The molecule has 32 heavy (non-hydrogen) atoms. The number of aromatic nitrogens is 4. The van der Waals surface area contributed by atoms with Crippen LogP contribution in [0.1, 0.15) is 22.5 Å². The van der Waals surface area contributed by atoms with Crippen LogP contribution in [0.5, 0.6) is 11.6 Å². The van der Waals surface area contributed by atoms with E-state index in [0.29, 0.717) is 45.0 Å². The van der Waals surface area contributed by atoms with E-state index in [4.69, 9.17) is 4.74 Å². The molecule has 0 amide bonds. The van der Waals surface area contributed by atoms with Crippen LogP contribution in [0.15, 0.2) is 65.8 Å². The molecule has 0 aliphatic heterocycles. The molecular formula is C23H23N5O3S. The average Bonchev–Trinajstić information content (AvgIpc) is 3.23. The van der Waals surface area contributed by atoms with Crippen molar-refractivity contribution >= 4 is 15.7 Å². The highest BCUT2D eigenvalue weighted by atomic mass is 32.2. The van der Waals surface area contributed by atoms with Crippen molar-refractivity contribution < 1.29 is 13.2 Å². The molecule has 0 spiro atoms. The molecule has 4 rings (SSSR count). The summed E-state index contributed by atoms with van der Waals surface area (Å²) in [4.78, 5) is 8.95. The maximum absolute atomic E-state index is 13.0. The third-order valence-corrected chi connectivity index (χ3v) is 6.43.